The fourth-order valence-electron chi connectivity index (χ4n) is 5.00. The Balaban J connectivity index is 1.55. The molecule has 0 radical (unpaired) electrons. The van der Waals surface area contributed by atoms with Crippen LogP contribution in [0.4, 0.5) is 5.69 Å². The summed E-state index contributed by atoms with van der Waals surface area (Å²) < 4.78 is 6.50. The van der Waals surface area contributed by atoms with Gasteiger partial charge < -0.3 is 19.7 Å². The minimum absolute atomic E-state index is 0.0456. The molecule has 36 heavy (non-hydrogen) atoms. The maximum absolute atomic E-state index is 12.7. The van der Waals surface area contributed by atoms with E-state index in [4.69, 9.17) is 9.52 Å². The van der Waals surface area contributed by atoms with Crippen molar-refractivity contribution < 1.29 is 19.1 Å². The van der Waals surface area contributed by atoms with E-state index in [1.807, 2.05) is 12.1 Å². The van der Waals surface area contributed by atoms with Crippen LogP contribution in [0.1, 0.15) is 71.8 Å². The average molecular weight is 489 g/mol. The number of carbonyl (C=O) groups is 2. The molecule has 1 heterocycles. The lowest BCUT2D eigenvalue weighted by Gasteiger charge is -2.31. The van der Waals surface area contributed by atoms with E-state index in [0.29, 0.717) is 11.5 Å². The number of rotatable bonds is 9. The zero-order chi connectivity index (χ0) is 25.7. The van der Waals surface area contributed by atoms with Crippen molar-refractivity contribution in [1.82, 2.24) is 4.90 Å². The fourth-order valence-corrected chi connectivity index (χ4v) is 5.00. The van der Waals surface area contributed by atoms with Crippen LogP contribution in [-0.4, -0.2) is 35.5 Å². The normalized spacial score (nSPS) is 14.9. The number of carboxylic acid groups (broad SMARTS) is 1. The van der Waals surface area contributed by atoms with E-state index < -0.39 is 5.97 Å². The van der Waals surface area contributed by atoms with E-state index in [9.17, 15) is 9.59 Å². The molecule has 1 fully saturated rings. The number of hydrogen-bond acceptors (Lipinski definition) is 4. The first-order valence-electron chi connectivity index (χ1n) is 12.8. The summed E-state index contributed by atoms with van der Waals surface area (Å²) in [6.07, 6.45) is 5.97. The van der Waals surface area contributed by atoms with Gasteiger partial charge in [-0.25, -0.2) is 0 Å². The Labute approximate surface area is 213 Å². The van der Waals surface area contributed by atoms with Crippen molar-refractivity contribution in [3.8, 4) is 11.3 Å². The van der Waals surface area contributed by atoms with Crippen LogP contribution in [0.3, 0.4) is 0 Å². The second-order valence-corrected chi connectivity index (χ2v) is 9.99. The minimum Gasteiger partial charge on any atom is -0.481 e. The molecule has 0 spiro atoms. The summed E-state index contributed by atoms with van der Waals surface area (Å²) in [6.45, 7) is 4.38. The van der Waals surface area contributed by atoms with Gasteiger partial charge in [-0.2, -0.15) is 0 Å². The Morgan fingerprint density at radius 1 is 1.03 bits per heavy atom. The third-order valence-corrected chi connectivity index (χ3v) is 7.16. The second-order valence-electron chi connectivity index (χ2n) is 9.99. The smallest absolute Gasteiger partial charge is 0.305 e. The molecule has 1 aliphatic carbocycles. The molecule has 1 atom stereocenters. The van der Waals surface area contributed by atoms with Crippen LogP contribution >= 0.6 is 0 Å². The molecule has 3 aromatic rings. The maximum atomic E-state index is 12.7. The number of furan rings is 1. The number of anilines is 1. The van der Waals surface area contributed by atoms with Gasteiger partial charge in [0.25, 0.3) is 5.91 Å². The summed E-state index contributed by atoms with van der Waals surface area (Å²) in [6, 6.07) is 18.0. The van der Waals surface area contributed by atoms with Gasteiger partial charge in [-0.3, -0.25) is 9.59 Å². The molecule has 1 aromatic heterocycles. The Morgan fingerprint density at radius 3 is 2.33 bits per heavy atom. The van der Waals surface area contributed by atoms with E-state index in [1.54, 1.807) is 19.2 Å². The quantitative estimate of drug-likeness (QED) is 0.344. The lowest BCUT2D eigenvalue weighted by molar-refractivity contribution is -0.137. The molecule has 190 valence electrons. The van der Waals surface area contributed by atoms with Crippen LogP contribution in [0.5, 0.6) is 0 Å². The molecule has 1 saturated carbocycles. The first-order chi connectivity index (χ1) is 17.3. The number of aryl methyl sites for hydroxylation is 2. The summed E-state index contributed by atoms with van der Waals surface area (Å²) in [5.41, 5.74) is 4.91. The number of aliphatic carboxylic acids is 1. The highest BCUT2D eigenvalue weighted by molar-refractivity contribution is 5.94. The zero-order valence-corrected chi connectivity index (χ0v) is 21.4. The fraction of sp³-hybridized carbons (Fsp3) is 0.400. The predicted octanol–water partition coefficient (Wildman–Crippen LogP) is 6.84. The van der Waals surface area contributed by atoms with Gasteiger partial charge in [0.05, 0.1) is 12.5 Å². The Morgan fingerprint density at radius 2 is 1.69 bits per heavy atom. The van der Waals surface area contributed by atoms with E-state index in [0.717, 1.165) is 41.2 Å². The minimum atomic E-state index is -0.915. The van der Waals surface area contributed by atoms with Crippen LogP contribution in [0.25, 0.3) is 11.3 Å². The molecule has 2 N–H and O–H groups in total. The first-order valence-corrected chi connectivity index (χ1v) is 12.8. The number of hydrogen-bond donors (Lipinski definition) is 2. The van der Waals surface area contributed by atoms with E-state index in [2.05, 4.69) is 49.5 Å². The summed E-state index contributed by atoms with van der Waals surface area (Å²) >= 11 is 0. The van der Waals surface area contributed by atoms with Crippen molar-refractivity contribution >= 4 is 17.6 Å². The van der Waals surface area contributed by atoms with Gasteiger partial charge in [-0.15, -0.1) is 0 Å². The van der Waals surface area contributed by atoms with Crippen LogP contribution < -0.4 is 5.32 Å². The van der Waals surface area contributed by atoms with Gasteiger partial charge in [-0.1, -0.05) is 49.1 Å². The lowest BCUT2D eigenvalue weighted by atomic mass is 9.82. The highest BCUT2D eigenvalue weighted by Gasteiger charge is 2.29. The van der Waals surface area contributed by atoms with Gasteiger partial charge >= 0.3 is 5.97 Å². The molecule has 6 nitrogen and oxygen atoms in total. The zero-order valence-electron chi connectivity index (χ0n) is 21.4. The van der Waals surface area contributed by atoms with Crippen molar-refractivity contribution in [1.29, 1.82) is 0 Å². The Hall–Kier alpha value is -3.54. The number of amides is 1. The van der Waals surface area contributed by atoms with Crippen molar-refractivity contribution in [2.75, 3.05) is 18.9 Å². The van der Waals surface area contributed by atoms with Crippen molar-refractivity contribution in [3.05, 3.63) is 77.0 Å². The number of nitrogens with one attached hydrogen (secondary N) is 1. The summed E-state index contributed by atoms with van der Waals surface area (Å²) in [5.74, 6) is 1.23. The number of nitrogens with zero attached hydrogens (tertiary/aromatic N) is 1. The molecule has 1 aliphatic rings. The number of benzene rings is 2. The maximum Gasteiger partial charge on any atom is 0.305 e. The van der Waals surface area contributed by atoms with Crippen LogP contribution in [-0.2, 0) is 4.79 Å². The molecule has 0 aliphatic heterocycles. The van der Waals surface area contributed by atoms with Crippen molar-refractivity contribution in [3.63, 3.8) is 0 Å². The van der Waals surface area contributed by atoms with Gasteiger partial charge in [0.1, 0.15) is 11.5 Å². The molecule has 2 aromatic carbocycles. The SMILES string of the molecule is Cc1ccc(-c2cc(C)c(C(Nc3ccc(C(=O)N(C)CCC(=O)O)cc3)C3CCCCC3)o2)cc1. The Bertz CT molecular complexity index is 1170. The third-order valence-electron chi connectivity index (χ3n) is 7.16. The summed E-state index contributed by atoms with van der Waals surface area (Å²) in [4.78, 5) is 24.9. The monoisotopic (exact) mass is 488 g/mol. The predicted molar refractivity (Wildman–Crippen MR) is 142 cm³/mol. The van der Waals surface area contributed by atoms with Crippen LogP contribution in [0, 0.1) is 19.8 Å². The molecular weight excluding hydrogens is 452 g/mol. The summed E-state index contributed by atoms with van der Waals surface area (Å²) in [7, 11) is 1.63. The third kappa shape index (κ3) is 6.17. The topological polar surface area (TPSA) is 82.8 Å². The van der Waals surface area contributed by atoms with Gasteiger partial charge in [0.2, 0.25) is 0 Å². The van der Waals surface area contributed by atoms with Gasteiger partial charge in [0, 0.05) is 30.4 Å². The molecular formula is C30H36N2O4. The first kappa shape index (κ1) is 25.5. The summed E-state index contributed by atoms with van der Waals surface area (Å²) in [5, 5.41) is 12.6. The van der Waals surface area contributed by atoms with E-state index in [-0.39, 0.29) is 24.9 Å². The largest absolute Gasteiger partial charge is 0.481 e. The number of carboxylic acids is 1. The highest BCUT2D eigenvalue weighted by Crippen LogP contribution is 2.40. The Kier molecular flexibility index (Phi) is 8.14. The lowest BCUT2D eigenvalue weighted by Crippen LogP contribution is -2.29. The molecule has 0 bridgehead atoms. The molecule has 1 unspecified atom stereocenters. The van der Waals surface area contributed by atoms with Gasteiger partial charge in [0.15, 0.2) is 0 Å². The highest BCUT2D eigenvalue weighted by atomic mass is 16.4. The molecule has 1 amide bonds. The average Bonchev–Trinajstić information content (AvgIpc) is 3.27. The van der Waals surface area contributed by atoms with Crippen LogP contribution in [0.15, 0.2) is 59.0 Å². The van der Waals surface area contributed by atoms with Crippen molar-refractivity contribution in [2.24, 2.45) is 5.92 Å². The molecule has 4 rings (SSSR count). The van der Waals surface area contributed by atoms with E-state index in [1.165, 1.54) is 29.7 Å². The van der Waals surface area contributed by atoms with Gasteiger partial charge in [-0.05, 0) is 68.5 Å². The van der Waals surface area contributed by atoms with Crippen LogP contribution in [0.2, 0.25) is 0 Å². The van der Waals surface area contributed by atoms with Crippen molar-refractivity contribution in [2.45, 2.75) is 58.4 Å². The molecule has 6 heteroatoms. The second kappa shape index (κ2) is 11.5. The molecule has 0 saturated heterocycles. The number of carbonyl (C=O) groups excluding carboxylic acids is 1. The standard InChI is InChI=1S/C30H36N2O4/c1-20-9-11-22(12-10-20)26-19-21(2)29(36-26)28(23-7-5-4-6-8-23)31-25-15-13-24(14-16-25)30(35)32(3)18-17-27(33)34/h9-16,19,23,28,31H,4-8,17-18H2,1-3H3,(H,33,34). The van der Waals surface area contributed by atoms with E-state index >= 15 is 0 Å².